The van der Waals surface area contributed by atoms with Crippen molar-refractivity contribution < 1.29 is 18.7 Å². The van der Waals surface area contributed by atoms with Gasteiger partial charge in [-0.05, 0) is 36.8 Å². The highest BCUT2D eigenvalue weighted by Gasteiger charge is 2.31. The van der Waals surface area contributed by atoms with Gasteiger partial charge in [-0.15, -0.1) is 0 Å². The summed E-state index contributed by atoms with van der Waals surface area (Å²) < 4.78 is 18.6. The second-order valence-electron chi connectivity index (χ2n) is 6.34. The highest BCUT2D eigenvalue weighted by molar-refractivity contribution is 6.00. The van der Waals surface area contributed by atoms with E-state index in [1.165, 1.54) is 12.1 Å². The maximum atomic E-state index is 13.0. The summed E-state index contributed by atoms with van der Waals surface area (Å²) in [6.07, 6.45) is -0.373. The molecule has 0 saturated heterocycles. The van der Waals surface area contributed by atoms with Crippen LogP contribution in [0.5, 0.6) is 5.75 Å². The van der Waals surface area contributed by atoms with Gasteiger partial charge in [0.25, 0.3) is 5.91 Å². The molecule has 3 rings (SSSR count). The number of benzene rings is 2. The number of fused-ring (bicyclic) bond motifs is 1. The number of ether oxygens (including phenoxy) is 1. The van der Waals surface area contributed by atoms with Crippen molar-refractivity contribution in [2.24, 2.45) is 0 Å². The van der Waals surface area contributed by atoms with E-state index in [1.807, 2.05) is 24.3 Å². The number of halogens is 1. The SMILES string of the molecule is C[C@H]1Oc2ccccc2N(CCC(=O)N(C)Cc2ccc(F)cc2)C1=O. The summed E-state index contributed by atoms with van der Waals surface area (Å²) in [6.45, 7) is 2.38. The highest BCUT2D eigenvalue weighted by Crippen LogP contribution is 2.33. The third kappa shape index (κ3) is 3.85. The molecule has 0 unspecified atom stereocenters. The normalized spacial score (nSPS) is 16.0. The minimum atomic E-state index is -0.572. The Balaban J connectivity index is 1.63. The maximum Gasteiger partial charge on any atom is 0.267 e. The van der Waals surface area contributed by atoms with Gasteiger partial charge >= 0.3 is 0 Å². The average molecular weight is 356 g/mol. The molecule has 6 heteroatoms. The Kier molecular flexibility index (Phi) is 5.21. The van der Waals surface area contributed by atoms with Crippen LogP contribution in [0.3, 0.4) is 0 Å². The van der Waals surface area contributed by atoms with Crippen molar-refractivity contribution in [3.63, 3.8) is 0 Å². The Morgan fingerprint density at radius 3 is 2.62 bits per heavy atom. The van der Waals surface area contributed by atoms with Crippen molar-refractivity contribution in [3.05, 3.63) is 59.9 Å². The first kappa shape index (κ1) is 17.9. The molecule has 1 aliphatic heterocycles. The second-order valence-corrected chi connectivity index (χ2v) is 6.34. The number of nitrogens with zero attached hydrogens (tertiary/aromatic N) is 2. The van der Waals surface area contributed by atoms with Gasteiger partial charge in [-0.3, -0.25) is 9.59 Å². The fourth-order valence-corrected chi connectivity index (χ4v) is 2.94. The van der Waals surface area contributed by atoms with Crippen LogP contribution in [0, 0.1) is 5.82 Å². The summed E-state index contributed by atoms with van der Waals surface area (Å²) in [4.78, 5) is 28.1. The molecule has 1 aliphatic rings. The lowest BCUT2D eigenvalue weighted by atomic mass is 10.1. The summed E-state index contributed by atoms with van der Waals surface area (Å²) >= 11 is 0. The number of hydrogen-bond donors (Lipinski definition) is 0. The molecule has 0 bridgehead atoms. The van der Waals surface area contributed by atoms with Gasteiger partial charge in [0.2, 0.25) is 5.91 Å². The fraction of sp³-hybridized carbons (Fsp3) is 0.300. The van der Waals surface area contributed by atoms with E-state index in [1.54, 1.807) is 35.9 Å². The quantitative estimate of drug-likeness (QED) is 0.828. The molecule has 1 heterocycles. The van der Waals surface area contributed by atoms with E-state index >= 15 is 0 Å². The van der Waals surface area contributed by atoms with Crippen molar-refractivity contribution >= 4 is 17.5 Å². The fourth-order valence-electron chi connectivity index (χ4n) is 2.94. The van der Waals surface area contributed by atoms with Crippen LogP contribution in [-0.2, 0) is 16.1 Å². The molecule has 2 amide bonds. The van der Waals surface area contributed by atoms with Crippen molar-refractivity contribution in [2.45, 2.75) is 26.0 Å². The van der Waals surface area contributed by atoms with Crippen molar-refractivity contribution in [1.82, 2.24) is 4.90 Å². The zero-order valence-electron chi connectivity index (χ0n) is 14.8. The molecule has 136 valence electrons. The number of para-hydroxylation sites is 2. The molecule has 0 saturated carbocycles. The number of anilines is 1. The summed E-state index contributed by atoms with van der Waals surface area (Å²) in [5.74, 6) is 0.101. The minimum Gasteiger partial charge on any atom is -0.479 e. The molecule has 0 fully saturated rings. The molecule has 0 spiro atoms. The molecule has 26 heavy (non-hydrogen) atoms. The molecular weight excluding hydrogens is 335 g/mol. The Morgan fingerprint density at radius 2 is 1.88 bits per heavy atom. The van der Waals surface area contributed by atoms with Crippen LogP contribution in [-0.4, -0.2) is 36.4 Å². The van der Waals surface area contributed by atoms with Crippen LogP contribution in [0.1, 0.15) is 18.9 Å². The van der Waals surface area contributed by atoms with Crippen LogP contribution in [0.15, 0.2) is 48.5 Å². The lowest BCUT2D eigenvalue weighted by molar-refractivity contribution is -0.130. The lowest BCUT2D eigenvalue weighted by Crippen LogP contribution is -2.45. The first-order chi connectivity index (χ1) is 12.5. The topological polar surface area (TPSA) is 49.9 Å². The summed E-state index contributed by atoms with van der Waals surface area (Å²) in [6, 6.07) is 13.4. The van der Waals surface area contributed by atoms with Gasteiger partial charge in [0, 0.05) is 26.6 Å². The van der Waals surface area contributed by atoms with Crippen LogP contribution >= 0.6 is 0 Å². The van der Waals surface area contributed by atoms with E-state index in [0.29, 0.717) is 18.0 Å². The van der Waals surface area contributed by atoms with E-state index < -0.39 is 6.10 Å². The molecule has 2 aromatic rings. The standard InChI is InChI=1S/C20H21FN2O3/c1-14-20(25)23(17-5-3-4-6-18(17)26-14)12-11-19(24)22(2)13-15-7-9-16(21)10-8-15/h3-10,14H,11-13H2,1-2H3/t14-/m1/s1. The summed E-state index contributed by atoms with van der Waals surface area (Å²) in [5.41, 5.74) is 1.54. The monoisotopic (exact) mass is 356 g/mol. The number of rotatable bonds is 5. The number of carbonyl (C=O) groups excluding carboxylic acids is 2. The van der Waals surface area contributed by atoms with Crippen LogP contribution < -0.4 is 9.64 Å². The van der Waals surface area contributed by atoms with Gasteiger partial charge < -0.3 is 14.5 Å². The molecule has 0 aromatic heterocycles. The molecule has 0 N–H and O–H groups in total. The molecule has 2 aromatic carbocycles. The Bertz CT molecular complexity index is 807. The van der Waals surface area contributed by atoms with Gasteiger partial charge in [-0.1, -0.05) is 24.3 Å². The van der Waals surface area contributed by atoms with Crippen LogP contribution in [0.4, 0.5) is 10.1 Å². The van der Waals surface area contributed by atoms with Gasteiger partial charge in [0.1, 0.15) is 11.6 Å². The van der Waals surface area contributed by atoms with E-state index in [4.69, 9.17) is 4.74 Å². The van der Waals surface area contributed by atoms with Crippen molar-refractivity contribution in [3.8, 4) is 5.75 Å². The van der Waals surface area contributed by atoms with E-state index in [0.717, 1.165) is 5.56 Å². The maximum absolute atomic E-state index is 13.0. The van der Waals surface area contributed by atoms with Gasteiger partial charge in [0.05, 0.1) is 5.69 Å². The zero-order chi connectivity index (χ0) is 18.7. The summed E-state index contributed by atoms with van der Waals surface area (Å²) in [7, 11) is 1.70. The number of amides is 2. The van der Waals surface area contributed by atoms with Gasteiger partial charge in [-0.2, -0.15) is 0 Å². The average Bonchev–Trinajstić information content (AvgIpc) is 2.63. The summed E-state index contributed by atoms with van der Waals surface area (Å²) in [5, 5.41) is 0. The predicted molar refractivity (Wildman–Crippen MR) is 96.4 cm³/mol. The lowest BCUT2D eigenvalue weighted by Gasteiger charge is -2.33. The largest absolute Gasteiger partial charge is 0.479 e. The third-order valence-corrected chi connectivity index (χ3v) is 4.38. The second kappa shape index (κ2) is 7.56. The van der Waals surface area contributed by atoms with E-state index in [2.05, 4.69) is 0 Å². The van der Waals surface area contributed by atoms with Crippen molar-refractivity contribution in [2.75, 3.05) is 18.5 Å². The number of carbonyl (C=O) groups is 2. The Hall–Kier alpha value is -2.89. The highest BCUT2D eigenvalue weighted by atomic mass is 19.1. The van der Waals surface area contributed by atoms with E-state index in [-0.39, 0.29) is 30.6 Å². The number of hydrogen-bond acceptors (Lipinski definition) is 3. The molecule has 1 atom stereocenters. The first-order valence-corrected chi connectivity index (χ1v) is 8.51. The van der Waals surface area contributed by atoms with Gasteiger partial charge in [-0.25, -0.2) is 4.39 Å². The smallest absolute Gasteiger partial charge is 0.267 e. The Morgan fingerprint density at radius 1 is 1.19 bits per heavy atom. The first-order valence-electron chi connectivity index (χ1n) is 8.51. The third-order valence-electron chi connectivity index (χ3n) is 4.38. The van der Waals surface area contributed by atoms with Crippen LogP contribution in [0.25, 0.3) is 0 Å². The van der Waals surface area contributed by atoms with Gasteiger partial charge in [0.15, 0.2) is 6.10 Å². The molecular formula is C20H21FN2O3. The van der Waals surface area contributed by atoms with Crippen molar-refractivity contribution in [1.29, 1.82) is 0 Å². The Labute approximate surface area is 152 Å². The van der Waals surface area contributed by atoms with Crippen LogP contribution in [0.2, 0.25) is 0 Å². The molecule has 0 radical (unpaired) electrons. The molecule has 0 aliphatic carbocycles. The molecule has 5 nitrogen and oxygen atoms in total. The minimum absolute atomic E-state index is 0.0845. The van der Waals surface area contributed by atoms with E-state index in [9.17, 15) is 14.0 Å². The zero-order valence-corrected chi connectivity index (χ0v) is 14.8. The predicted octanol–water partition coefficient (Wildman–Crippen LogP) is 2.99.